The quantitative estimate of drug-likeness (QED) is 0.469. The molecule has 0 aliphatic heterocycles. The number of hydrogen-bond acceptors (Lipinski definition) is 4. The summed E-state index contributed by atoms with van der Waals surface area (Å²) in [5.74, 6) is -0.394. The minimum Gasteiger partial charge on any atom is -0.466 e. The summed E-state index contributed by atoms with van der Waals surface area (Å²) in [7, 11) is 1.31. The number of benzene rings is 2. The van der Waals surface area contributed by atoms with Crippen LogP contribution < -0.4 is 0 Å². The summed E-state index contributed by atoms with van der Waals surface area (Å²) < 4.78 is 4.14. The molecule has 4 heteroatoms. The van der Waals surface area contributed by atoms with Gasteiger partial charge in [0.05, 0.1) is 18.5 Å². The van der Waals surface area contributed by atoms with Crippen LogP contribution in [0.15, 0.2) is 83.5 Å². The van der Waals surface area contributed by atoms with Crippen molar-refractivity contribution in [1.29, 1.82) is 0 Å². The zero-order chi connectivity index (χ0) is 14.6. The van der Waals surface area contributed by atoms with Gasteiger partial charge in [-0.25, -0.2) is 4.79 Å². The first kappa shape index (κ1) is 15.3. The molecule has 0 bridgehead atoms. The highest BCUT2D eigenvalue weighted by atomic mass is 16.5. The van der Waals surface area contributed by atoms with Gasteiger partial charge in [0.1, 0.15) is 0 Å². The van der Waals surface area contributed by atoms with Gasteiger partial charge in [-0.1, -0.05) is 43.0 Å². The van der Waals surface area contributed by atoms with Crippen LogP contribution in [0.2, 0.25) is 0 Å². The minimum absolute atomic E-state index is 0.394. The first-order chi connectivity index (χ1) is 9.76. The van der Waals surface area contributed by atoms with Crippen LogP contribution in [-0.2, 0) is 9.53 Å². The number of esters is 1. The normalized spacial score (nSPS) is 9.45. The van der Waals surface area contributed by atoms with Gasteiger partial charge in [-0.2, -0.15) is 10.2 Å². The number of carbonyl (C=O) groups is 1. The van der Waals surface area contributed by atoms with E-state index in [9.17, 15) is 4.79 Å². The number of nitrogens with zero attached hydrogens (tertiary/aromatic N) is 2. The maximum Gasteiger partial charge on any atom is 0.329 e. The number of rotatable bonds is 3. The fourth-order valence-electron chi connectivity index (χ4n) is 1.19. The van der Waals surface area contributed by atoms with Gasteiger partial charge in [0.15, 0.2) is 0 Å². The highest BCUT2D eigenvalue weighted by Crippen LogP contribution is 2.16. The zero-order valence-electron chi connectivity index (χ0n) is 11.3. The van der Waals surface area contributed by atoms with Crippen molar-refractivity contribution >= 4 is 17.3 Å². The largest absolute Gasteiger partial charge is 0.466 e. The Bertz CT molecular complexity index is 510. The van der Waals surface area contributed by atoms with E-state index in [1.54, 1.807) is 0 Å². The van der Waals surface area contributed by atoms with E-state index < -0.39 is 5.97 Å². The Labute approximate surface area is 118 Å². The van der Waals surface area contributed by atoms with Crippen molar-refractivity contribution in [2.45, 2.75) is 0 Å². The summed E-state index contributed by atoms with van der Waals surface area (Å²) in [6.45, 7) is 3.16. The highest BCUT2D eigenvalue weighted by molar-refractivity contribution is 5.80. The number of azo groups is 1. The predicted octanol–water partition coefficient (Wildman–Crippen LogP) is 4.45. The van der Waals surface area contributed by atoms with Gasteiger partial charge < -0.3 is 4.74 Å². The van der Waals surface area contributed by atoms with Gasteiger partial charge in [0, 0.05) is 6.08 Å². The van der Waals surface area contributed by atoms with Crippen molar-refractivity contribution in [2.75, 3.05) is 7.11 Å². The summed E-state index contributed by atoms with van der Waals surface area (Å²) in [4.78, 5) is 9.84. The van der Waals surface area contributed by atoms with E-state index in [2.05, 4.69) is 21.5 Å². The molecule has 0 spiro atoms. The molecule has 0 saturated heterocycles. The van der Waals surface area contributed by atoms with Crippen LogP contribution in [0.25, 0.3) is 0 Å². The van der Waals surface area contributed by atoms with E-state index in [0.29, 0.717) is 0 Å². The average Bonchev–Trinajstić information content (AvgIpc) is 2.54. The van der Waals surface area contributed by atoms with E-state index in [0.717, 1.165) is 17.5 Å². The van der Waals surface area contributed by atoms with E-state index in [1.807, 2.05) is 60.7 Å². The Morgan fingerprint density at radius 2 is 1.35 bits per heavy atom. The van der Waals surface area contributed by atoms with Crippen LogP contribution in [0.3, 0.4) is 0 Å². The van der Waals surface area contributed by atoms with Crippen molar-refractivity contribution in [3.05, 3.63) is 73.3 Å². The lowest BCUT2D eigenvalue weighted by atomic mass is 10.3. The van der Waals surface area contributed by atoms with Crippen molar-refractivity contribution < 1.29 is 9.53 Å². The molecule has 0 aliphatic carbocycles. The van der Waals surface area contributed by atoms with Crippen LogP contribution >= 0.6 is 0 Å². The first-order valence-electron chi connectivity index (χ1n) is 5.98. The minimum atomic E-state index is -0.394. The second-order valence-corrected chi connectivity index (χ2v) is 3.60. The van der Waals surface area contributed by atoms with Crippen LogP contribution in [0.4, 0.5) is 11.4 Å². The third-order valence-electron chi connectivity index (χ3n) is 2.16. The summed E-state index contributed by atoms with van der Waals surface area (Å²) in [5, 5.41) is 8.20. The number of hydrogen-bond donors (Lipinski definition) is 0. The molecule has 0 saturated carbocycles. The van der Waals surface area contributed by atoms with Crippen LogP contribution in [0, 0.1) is 0 Å². The molecular formula is C16H16N2O2. The molecule has 4 nitrogen and oxygen atoms in total. The molecule has 0 radical (unpaired) electrons. The van der Waals surface area contributed by atoms with Gasteiger partial charge in [0.25, 0.3) is 0 Å². The molecule has 0 aliphatic rings. The summed E-state index contributed by atoms with van der Waals surface area (Å²) in [6.07, 6.45) is 1.11. The molecule has 2 aromatic rings. The molecule has 102 valence electrons. The molecule has 0 amide bonds. The van der Waals surface area contributed by atoms with Gasteiger partial charge >= 0.3 is 5.97 Å². The van der Waals surface area contributed by atoms with Gasteiger partial charge in [-0.15, -0.1) is 0 Å². The number of ether oxygens (including phenoxy) is 1. The van der Waals surface area contributed by atoms with E-state index in [-0.39, 0.29) is 0 Å². The van der Waals surface area contributed by atoms with Crippen molar-refractivity contribution in [3.63, 3.8) is 0 Å². The van der Waals surface area contributed by atoms with Crippen molar-refractivity contribution in [3.8, 4) is 0 Å². The van der Waals surface area contributed by atoms with Gasteiger partial charge in [0.2, 0.25) is 0 Å². The number of carbonyl (C=O) groups excluding carboxylic acids is 1. The van der Waals surface area contributed by atoms with E-state index in [1.165, 1.54) is 7.11 Å². The van der Waals surface area contributed by atoms with Crippen LogP contribution in [0.1, 0.15) is 0 Å². The molecule has 2 rings (SSSR count). The molecule has 0 unspecified atom stereocenters. The molecule has 20 heavy (non-hydrogen) atoms. The topological polar surface area (TPSA) is 51.0 Å². The van der Waals surface area contributed by atoms with Crippen LogP contribution in [0.5, 0.6) is 0 Å². The summed E-state index contributed by atoms with van der Waals surface area (Å²) in [6, 6.07) is 19.4. The van der Waals surface area contributed by atoms with Crippen LogP contribution in [-0.4, -0.2) is 13.1 Å². The van der Waals surface area contributed by atoms with Gasteiger partial charge in [-0.05, 0) is 24.3 Å². The van der Waals surface area contributed by atoms with E-state index >= 15 is 0 Å². The molecule has 0 fully saturated rings. The molecule has 0 atom stereocenters. The average molecular weight is 268 g/mol. The van der Waals surface area contributed by atoms with E-state index in [4.69, 9.17) is 0 Å². The lowest BCUT2D eigenvalue weighted by Crippen LogP contribution is -1.91. The van der Waals surface area contributed by atoms with Gasteiger partial charge in [-0.3, -0.25) is 0 Å². The fourth-order valence-corrected chi connectivity index (χ4v) is 1.19. The van der Waals surface area contributed by atoms with Crippen molar-refractivity contribution in [1.82, 2.24) is 0 Å². The Balaban J connectivity index is 0.000000286. The fraction of sp³-hybridized carbons (Fsp3) is 0.0625. The SMILES string of the molecule is C=CC(=O)OC.c1ccc(N=Nc2ccccc2)cc1. The lowest BCUT2D eigenvalue weighted by Gasteiger charge is -1.91. The Hall–Kier alpha value is -2.75. The second kappa shape index (κ2) is 9.22. The zero-order valence-corrected chi connectivity index (χ0v) is 11.3. The standard InChI is InChI=1S/C12H10N2.C4H6O2/c1-3-7-11(8-4-1)13-14-12-9-5-2-6-10-12;1-3-4(5)6-2/h1-10H;3H,1H2,2H3. The third-order valence-corrected chi connectivity index (χ3v) is 2.16. The Kier molecular flexibility index (Phi) is 7.05. The third kappa shape index (κ3) is 6.26. The molecule has 0 heterocycles. The summed E-state index contributed by atoms with van der Waals surface area (Å²) >= 11 is 0. The van der Waals surface area contributed by atoms with Crippen molar-refractivity contribution in [2.24, 2.45) is 10.2 Å². The maximum atomic E-state index is 9.84. The highest BCUT2D eigenvalue weighted by Gasteiger charge is 1.86. The second-order valence-electron chi connectivity index (χ2n) is 3.60. The predicted molar refractivity (Wildman–Crippen MR) is 79.3 cm³/mol. The number of methoxy groups -OCH3 is 1. The summed E-state index contributed by atoms with van der Waals surface area (Å²) in [5.41, 5.74) is 1.74. The Morgan fingerprint density at radius 1 is 0.950 bits per heavy atom. The monoisotopic (exact) mass is 268 g/mol. The first-order valence-corrected chi connectivity index (χ1v) is 5.98. The maximum absolute atomic E-state index is 9.84. The molecule has 2 aromatic carbocycles. The Morgan fingerprint density at radius 3 is 1.60 bits per heavy atom. The molecule has 0 aromatic heterocycles. The molecular weight excluding hydrogens is 252 g/mol. The lowest BCUT2D eigenvalue weighted by molar-refractivity contribution is -0.134. The smallest absolute Gasteiger partial charge is 0.329 e. The molecule has 0 N–H and O–H groups in total.